The van der Waals surface area contributed by atoms with Crippen LogP contribution in [-0.4, -0.2) is 36.9 Å². The highest BCUT2D eigenvalue weighted by Crippen LogP contribution is 2.42. The van der Waals surface area contributed by atoms with Crippen LogP contribution in [0.3, 0.4) is 0 Å². The third-order valence-electron chi connectivity index (χ3n) is 4.70. The molecule has 0 aromatic heterocycles. The summed E-state index contributed by atoms with van der Waals surface area (Å²) in [6, 6.07) is 0. The molecule has 0 unspecified atom stereocenters. The van der Waals surface area contributed by atoms with Crippen molar-refractivity contribution in [1.29, 1.82) is 0 Å². The zero-order valence-corrected chi connectivity index (χ0v) is 11.3. The lowest BCUT2D eigenvalue weighted by atomic mass is 9.68. The summed E-state index contributed by atoms with van der Waals surface area (Å²) in [7, 11) is 1.65. The van der Waals surface area contributed by atoms with Crippen molar-refractivity contribution < 1.29 is 14.6 Å². The molecule has 0 saturated heterocycles. The number of nitrogens with one attached hydrogen (secondary N) is 1. The lowest BCUT2D eigenvalue weighted by Crippen LogP contribution is -2.59. The maximum absolute atomic E-state index is 12.5. The molecule has 4 nitrogen and oxygen atoms in total. The third-order valence-corrected chi connectivity index (χ3v) is 4.70. The highest BCUT2D eigenvalue weighted by Gasteiger charge is 2.47. The molecule has 2 N–H and O–H groups in total. The minimum absolute atomic E-state index is 0.0573. The summed E-state index contributed by atoms with van der Waals surface area (Å²) in [4.78, 5) is 12.5. The number of carbonyl (C=O) groups excluding carboxylic acids is 1. The molecule has 0 radical (unpaired) electrons. The first-order chi connectivity index (χ1) is 8.66. The average Bonchev–Trinajstić information content (AvgIpc) is 2.34. The SMILES string of the molecule is COCC1(C(=O)NC2(CO)CCCCC2)CCC1. The van der Waals surface area contributed by atoms with Crippen molar-refractivity contribution in [2.45, 2.75) is 56.9 Å². The van der Waals surface area contributed by atoms with E-state index in [2.05, 4.69) is 5.32 Å². The zero-order valence-electron chi connectivity index (χ0n) is 11.3. The van der Waals surface area contributed by atoms with E-state index >= 15 is 0 Å². The van der Waals surface area contributed by atoms with Crippen molar-refractivity contribution in [3.05, 3.63) is 0 Å². The molecule has 0 aromatic carbocycles. The number of rotatable bonds is 5. The molecule has 0 spiro atoms. The Balaban J connectivity index is 2.00. The maximum atomic E-state index is 12.5. The molecular weight excluding hydrogens is 230 g/mol. The van der Waals surface area contributed by atoms with Gasteiger partial charge in [-0.1, -0.05) is 25.7 Å². The van der Waals surface area contributed by atoms with Gasteiger partial charge in [-0.2, -0.15) is 0 Å². The van der Waals surface area contributed by atoms with Gasteiger partial charge in [-0.05, 0) is 25.7 Å². The summed E-state index contributed by atoms with van der Waals surface area (Å²) in [5, 5.41) is 12.8. The molecule has 0 heterocycles. The average molecular weight is 255 g/mol. The molecule has 2 fully saturated rings. The van der Waals surface area contributed by atoms with Crippen LogP contribution in [0.1, 0.15) is 51.4 Å². The van der Waals surface area contributed by atoms with Gasteiger partial charge in [0, 0.05) is 7.11 Å². The van der Waals surface area contributed by atoms with E-state index in [0.717, 1.165) is 44.9 Å². The molecule has 0 bridgehead atoms. The van der Waals surface area contributed by atoms with Crippen LogP contribution < -0.4 is 5.32 Å². The Morgan fingerprint density at radius 2 is 1.83 bits per heavy atom. The lowest BCUT2D eigenvalue weighted by Gasteiger charge is -2.44. The van der Waals surface area contributed by atoms with Crippen LogP contribution >= 0.6 is 0 Å². The van der Waals surface area contributed by atoms with Crippen LogP contribution in [0, 0.1) is 5.41 Å². The van der Waals surface area contributed by atoms with Crippen molar-refractivity contribution in [3.8, 4) is 0 Å². The summed E-state index contributed by atoms with van der Waals surface area (Å²) in [5.41, 5.74) is -0.694. The minimum atomic E-state index is -0.369. The Bertz CT molecular complexity index is 293. The number of aliphatic hydroxyl groups is 1. The fraction of sp³-hybridized carbons (Fsp3) is 0.929. The maximum Gasteiger partial charge on any atom is 0.229 e. The zero-order chi connectivity index (χ0) is 13.1. The number of aliphatic hydroxyl groups excluding tert-OH is 1. The van der Waals surface area contributed by atoms with Crippen molar-refractivity contribution >= 4 is 5.91 Å². The number of carbonyl (C=O) groups is 1. The van der Waals surface area contributed by atoms with Crippen molar-refractivity contribution in [1.82, 2.24) is 5.32 Å². The smallest absolute Gasteiger partial charge is 0.229 e. The van der Waals surface area contributed by atoms with E-state index in [-0.39, 0.29) is 23.5 Å². The molecule has 2 aliphatic carbocycles. The predicted molar refractivity (Wildman–Crippen MR) is 69.2 cm³/mol. The summed E-state index contributed by atoms with van der Waals surface area (Å²) in [6.45, 7) is 0.558. The molecule has 4 heteroatoms. The van der Waals surface area contributed by atoms with Gasteiger partial charge in [0.25, 0.3) is 0 Å². The van der Waals surface area contributed by atoms with Crippen LogP contribution in [0.4, 0.5) is 0 Å². The molecule has 2 rings (SSSR count). The highest BCUT2D eigenvalue weighted by molar-refractivity contribution is 5.84. The largest absolute Gasteiger partial charge is 0.394 e. The quantitative estimate of drug-likeness (QED) is 0.784. The van der Waals surface area contributed by atoms with Gasteiger partial charge in [0.1, 0.15) is 0 Å². The Kier molecular flexibility index (Phi) is 4.28. The summed E-state index contributed by atoms with van der Waals surface area (Å²) < 4.78 is 5.20. The molecule has 104 valence electrons. The molecule has 0 atom stereocenters. The van der Waals surface area contributed by atoms with E-state index in [1.54, 1.807) is 7.11 Å². The summed E-state index contributed by atoms with van der Waals surface area (Å²) >= 11 is 0. The third kappa shape index (κ3) is 2.54. The van der Waals surface area contributed by atoms with Gasteiger partial charge >= 0.3 is 0 Å². The number of hydrogen-bond acceptors (Lipinski definition) is 3. The summed E-state index contributed by atoms with van der Waals surface area (Å²) in [6.07, 6.45) is 8.12. The van der Waals surface area contributed by atoms with Crippen LogP contribution in [0.5, 0.6) is 0 Å². The van der Waals surface area contributed by atoms with Crippen molar-refractivity contribution in [3.63, 3.8) is 0 Å². The number of amides is 1. The van der Waals surface area contributed by atoms with Gasteiger partial charge in [0.15, 0.2) is 0 Å². The van der Waals surface area contributed by atoms with E-state index < -0.39 is 0 Å². The first-order valence-electron chi connectivity index (χ1n) is 7.09. The summed E-state index contributed by atoms with van der Waals surface area (Å²) in [5.74, 6) is 0.0894. The second-order valence-electron chi connectivity index (χ2n) is 6.02. The van der Waals surface area contributed by atoms with Gasteiger partial charge in [0.2, 0.25) is 5.91 Å². The molecule has 18 heavy (non-hydrogen) atoms. The number of ether oxygens (including phenoxy) is 1. The first kappa shape index (κ1) is 13.8. The van der Waals surface area contributed by atoms with Crippen LogP contribution in [0.2, 0.25) is 0 Å². The molecular formula is C14H25NO3. The topological polar surface area (TPSA) is 58.6 Å². The van der Waals surface area contributed by atoms with Gasteiger partial charge in [-0.25, -0.2) is 0 Å². The van der Waals surface area contributed by atoms with Gasteiger partial charge in [-0.15, -0.1) is 0 Å². The predicted octanol–water partition coefficient (Wildman–Crippen LogP) is 1.61. The normalized spacial score (nSPS) is 25.2. The Morgan fingerprint density at radius 1 is 1.17 bits per heavy atom. The number of hydrogen-bond donors (Lipinski definition) is 2. The fourth-order valence-electron chi connectivity index (χ4n) is 3.24. The van der Waals surface area contributed by atoms with Crippen molar-refractivity contribution in [2.75, 3.05) is 20.3 Å². The van der Waals surface area contributed by atoms with Crippen LogP contribution in [-0.2, 0) is 9.53 Å². The monoisotopic (exact) mass is 255 g/mol. The molecule has 0 aliphatic heterocycles. The second kappa shape index (κ2) is 5.57. The Labute approximate surface area is 109 Å². The molecule has 2 saturated carbocycles. The van der Waals surface area contributed by atoms with Gasteiger partial charge in [0.05, 0.1) is 24.2 Å². The Hall–Kier alpha value is -0.610. The fourth-order valence-corrected chi connectivity index (χ4v) is 3.24. The van der Waals surface area contributed by atoms with Crippen LogP contribution in [0.25, 0.3) is 0 Å². The standard InChI is InChI=1S/C14H25NO3/c1-18-11-13(6-5-7-13)12(17)15-14(10-16)8-3-2-4-9-14/h16H,2-11H2,1H3,(H,15,17). The van der Waals surface area contributed by atoms with E-state index in [1.807, 2.05) is 0 Å². The van der Waals surface area contributed by atoms with E-state index in [4.69, 9.17) is 4.74 Å². The molecule has 0 aromatic rings. The highest BCUT2D eigenvalue weighted by atomic mass is 16.5. The van der Waals surface area contributed by atoms with E-state index in [0.29, 0.717) is 6.61 Å². The van der Waals surface area contributed by atoms with Gasteiger partial charge in [-0.3, -0.25) is 4.79 Å². The second-order valence-corrected chi connectivity index (χ2v) is 6.02. The molecule has 1 amide bonds. The van der Waals surface area contributed by atoms with E-state index in [1.165, 1.54) is 6.42 Å². The van der Waals surface area contributed by atoms with Crippen molar-refractivity contribution in [2.24, 2.45) is 5.41 Å². The molecule has 2 aliphatic rings. The lowest BCUT2D eigenvalue weighted by molar-refractivity contribution is -0.143. The first-order valence-corrected chi connectivity index (χ1v) is 7.09. The Morgan fingerprint density at radius 3 is 2.28 bits per heavy atom. The minimum Gasteiger partial charge on any atom is -0.394 e. The van der Waals surface area contributed by atoms with Gasteiger partial charge < -0.3 is 15.2 Å². The number of methoxy groups -OCH3 is 1. The van der Waals surface area contributed by atoms with E-state index in [9.17, 15) is 9.90 Å². The van der Waals surface area contributed by atoms with Crippen LogP contribution in [0.15, 0.2) is 0 Å².